The monoisotopic (exact) mass is 218 g/mol. The summed E-state index contributed by atoms with van der Waals surface area (Å²) in [7, 11) is 0. The summed E-state index contributed by atoms with van der Waals surface area (Å²) in [5.74, 6) is 0. The summed E-state index contributed by atoms with van der Waals surface area (Å²) in [5.41, 5.74) is 0.0231. The van der Waals surface area contributed by atoms with Crippen molar-refractivity contribution in [3.63, 3.8) is 0 Å². The minimum absolute atomic E-state index is 0. The number of hydrogen-bond acceptors (Lipinski definition) is 4. The molecule has 0 radical (unpaired) electrons. The van der Waals surface area contributed by atoms with Crippen LogP contribution in [0.25, 0.3) is 0 Å². The number of alkyl halides is 1. The van der Waals surface area contributed by atoms with Crippen LogP contribution in [0.2, 0.25) is 0 Å². The third kappa shape index (κ3) is 19.0. The second kappa shape index (κ2) is 10.4. The molecule has 2 unspecified atom stereocenters. The Bertz CT molecular complexity index is 106. The molecule has 11 heavy (non-hydrogen) atoms. The van der Waals surface area contributed by atoms with E-state index in [1.54, 1.807) is 0 Å². The molecular formula is C3H5ClNa2O4S. The largest absolute Gasteiger partial charge is 1.00 e. The number of rotatable bonds is 0. The van der Waals surface area contributed by atoms with Crippen molar-refractivity contribution < 1.29 is 77.2 Å². The van der Waals surface area contributed by atoms with Gasteiger partial charge < -0.3 is 13.8 Å². The first kappa shape index (κ1) is 19.0. The van der Waals surface area contributed by atoms with E-state index in [0.717, 1.165) is 0 Å². The van der Waals surface area contributed by atoms with Crippen LogP contribution in [0.15, 0.2) is 0 Å². The average Bonchev–Trinajstić information content (AvgIpc) is 2.16. The van der Waals surface area contributed by atoms with Gasteiger partial charge in [-0.3, -0.25) is 4.21 Å². The summed E-state index contributed by atoms with van der Waals surface area (Å²) in [6.07, 6.45) is 0.316. The minimum Gasteiger partial charge on any atom is -0.784 e. The van der Waals surface area contributed by atoms with Crippen LogP contribution in [-0.4, -0.2) is 25.0 Å². The van der Waals surface area contributed by atoms with Gasteiger partial charge in [0.1, 0.15) is 0 Å². The molecule has 0 aromatic carbocycles. The second-order valence-corrected chi connectivity index (χ2v) is 2.23. The standard InChI is InChI=1S/C3H5ClO.2Na.H2O3S/c1-2-3(4)5-2;;;1-4(2)3/h2-3H,1H3;;;(H2,1,2,3)/q;2*+1;/p-2. The first-order valence-corrected chi connectivity index (χ1v) is 3.54. The van der Waals surface area contributed by atoms with Crippen LogP contribution in [0, 0.1) is 0 Å². The van der Waals surface area contributed by atoms with Gasteiger partial charge in [-0.1, -0.05) is 11.6 Å². The molecule has 0 aliphatic carbocycles. The fourth-order valence-corrected chi connectivity index (χ4v) is 0.322. The van der Waals surface area contributed by atoms with E-state index in [-0.39, 0.29) is 64.7 Å². The topological polar surface area (TPSA) is 75.7 Å². The Balaban J connectivity index is -0.000000101. The van der Waals surface area contributed by atoms with E-state index in [0.29, 0.717) is 6.10 Å². The van der Waals surface area contributed by atoms with Crippen LogP contribution in [-0.2, 0) is 16.1 Å². The van der Waals surface area contributed by atoms with Gasteiger partial charge in [0.15, 0.2) is 5.56 Å². The average molecular weight is 219 g/mol. The number of epoxide rings is 1. The molecule has 1 fully saturated rings. The molecule has 1 saturated heterocycles. The first-order chi connectivity index (χ1) is 4.04. The second-order valence-electron chi connectivity index (χ2n) is 1.40. The van der Waals surface area contributed by atoms with E-state index >= 15 is 0 Å². The number of ether oxygens (including phenoxy) is 1. The van der Waals surface area contributed by atoms with Crippen LogP contribution < -0.4 is 59.1 Å². The van der Waals surface area contributed by atoms with E-state index < -0.39 is 11.4 Å². The van der Waals surface area contributed by atoms with Gasteiger partial charge in [-0.25, -0.2) is 0 Å². The Morgan fingerprint density at radius 3 is 1.55 bits per heavy atom. The molecule has 0 bridgehead atoms. The Morgan fingerprint density at radius 2 is 1.55 bits per heavy atom. The molecule has 1 heterocycles. The van der Waals surface area contributed by atoms with Gasteiger partial charge >= 0.3 is 59.1 Å². The number of hydrogen-bond donors (Lipinski definition) is 0. The molecule has 1 rings (SSSR count). The zero-order valence-corrected chi connectivity index (χ0v) is 12.1. The van der Waals surface area contributed by atoms with Crippen LogP contribution >= 0.6 is 11.6 Å². The first-order valence-electron chi connectivity index (χ1n) is 2.10. The summed E-state index contributed by atoms with van der Waals surface area (Å²) in [4.78, 5) is 0. The molecule has 2 atom stereocenters. The van der Waals surface area contributed by atoms with Crippen molar-refractivity contribution in [1.29, 1.82) is 0 Å². The minimum atomic E-state index is -3.11. The Morgan fingerprint density at radius 1 is 1.45 bits per heavy atom. The molecule has 0 amide bonds. The van der Waals surface area contributed by atoms with Crippen LogP contribution in [0.5, 0.6) is 0 Å². The van der Waals surface area contributed by atoms with Crippen LogP contribution in [0.4, 0.5) is 0 Å². The van der Waals surface area contributed by atoms with E-state index in [4.69, 9.17) is 24.9 Å². The smallest absolute Gasteiger partial charge is 0.784 e. The van der Waals surface area contributed by atoms with Crippen LogP contribution in [0.3, 0.4) is 0 Å². The van der Waals surface area contributed by atoms with Gasteiger partial charge in [-0.05, 0) is 6.92 Å². The Labute approximate surface area is 117 Å². The molecular weight excluding hydrogens is 214 g/mol. The molecule has 0 aromatic rings. The molecule has 1 aliphatic heterocycles. The van der Waals surface area contributed by atoms with Crippen molar-refractivity contribution in [3.8, 4) is 0 Å². The predicted octanol–water partition coefficient (Wildman–Crippen LogP) is -6.03. The fraction of sp³-hybridized carbons (Fsp3) is 1.00. The molecule has 0 spiro atoms. The zero-order chi connectivity index (χ0) is 7.44. The van der Waals surface area contributed by atoms with Gasteiger partial charge in [0.05, 0.1) is 6.10 Å². The van der Waals surface area contributed by atoms with Gasteiger partial charge in [-0.15, -0.1) is 11.4 Å². The van der Waals surface area contributed by atoms with E-state index in [2.05, 4.69) is 4.74 Å². The summed E-state index contributed by atoms with van der Waals surface area (Å²) < 4.78 is 30.0. The van der Waals surface area contributed by atoms with Crippen molar-refractivity contribution in [2.75, 3.05) is 0 Å². The number of halogens is 1. The quantitative estimate of drug-likeness (QED) is 0.176. The predicted molar refractivity (Wildman–Crippen MR) is 29.9 cm³/mol. The maximum Gasteiger partial charge on any atom is 1.00 e. The molecule has 4 nitrogen and oxygen atoms in total. The third-order valence-electron chi connectivity index (χ3n) is 0.637. The SMILES string of the molecule is CC1OC1Cl.O=S([O-])[O-].[Na+].[Na+]. The molecule has 0 saturated carbocycles. The van der Waals surface area contributed by atoms with Gasteiger partial charge in [-0.2, -0.15) is 0 Å². The van der Waals surface area contributed by atoms with Crippen molar-refractivity contribution in [3.05, 3.63) is 0 Å². The van der Waals surface area contributed by atoms with Crippen molar-refractivity contribution >= 4 is 23.0 Å². The normalized spacial score (nSPS) is 25.5. The molecule has 8 heteroatoms. The Hall–Kier alpha value is 2.32. The fourth-order valence-electron chi connectivity index (χ4n) is 0.160. The van der Waals surface area contributed by atoms with E-state index in [1.807, 2.05) is 6.92 Å². The van der Waals surface area contributed by atoms with Gasteiger partial charge in [0, 0.05) is 0 Å². The maximum atomic E-state index is 8.44. The van der Waals surface area contributed by atoms with Crippen LogP contribution in [0.1, 0.15) is 6.92 Å². The molecule has 56 valence electrons. The maximum absolute atomic E-state index is 8.44. The van der Waals surface area contributed by atoms with E-state index in [9.17, 15) is 0 Å². The Kier molecular flexibility index (Phi) is 17.9. The molecule has 0 aromatic heterocycles. The van der Waals surface area contributed by atoms with Crippen molar-refractivity contribution in [2.45, 2.75) is 18.6 Å². The summed E-state index contributed by atoms with van der Waals surface area (Å²) >= 11 is 2.20. The van der Waals surface area contributed by atoms with Gasteiger partial charge in [0.25, 0.3) is 0 Å². The zero-order valence-electron chi connectivity index (χ0n) is 6.57. The molecule has 1 aliphatic rings. The van der Waals surface area contributed by atoms with E-state index in [1.165, 1.54) is 0 Å². The summed E-state index contributed by atoms with van der Waals surface area (Å²) in [5, 5.41) is 0. The summed E-state index contributed by atoms with van der Waals surface area (Å²) in [6, 6.07) is 0. The van der Waals surface area contributed by atoms with Gasteiger partial charge in [0.2, 0.25) is 0 Å². The molecule has 0 N–H and O–H groups in total. The summed E-state index contributed by atoms with van der Waals surface area (Å²) in [6.45, 7) is 1.94. The van der Waals surface area contributed by atoms with Crippen molar-refractivity contribution in [1.82, 2.24) is 0 Å². The van der Waals surface area contributed by atoms with Crippen molar-refractivity contribution in [2.24, 2.45) is 0 Å². The third-order valence-corrected chi connectivity index (χ3v) is 1.09.